The summed E-state index contributed by atoms with van der Waals surface area (Å²) in [6.07, 6.45) is 9.98. The van der Waals surface area contributed by atoms with Crippen LogP contribution in [0.5, 0.6) is 0 Å². The number of rotatable bonds is 11. The third-order valence-electron chi connectivity index (χ3n) is 6.59. The molecule has 218 valence electrons. The van der Waals surface area contributed by atoms with Crippen LogP contribution in [-0.2, 0) is 14.4 Å². The second-order valence-corrected chi connectivity index (χ2v) is 10.0. The Balaban J connectivity index is 0.00000132. The Morgan fingerprint density at radius 3 is 2.29 bits per heavy atom. The molecule has 0 saturated carbocycles. The number of imide groups is 1. The van der Waals surface area contributed by atoms with Gasteiger partial charge in [0.25, 0.3) is 0 Å². The first-order valence-corrected chi connectivity index (χ1v) is 14.4. The van der Waals surface area contributed by atoms with Crippen molar-refractivity contribution >= 4 is 18.2 Å². The van der Waals surface area contributed by atoms with Crippen molar-refractivity contribution in [2.45, 2.75) is 93.5 Å². The number of nitrogens with one attached hydrogen (secondary N) is 2. The standard InChI is InChI=1S/C24H40FN3O.C4H7NO2.C2H6/c1-6-28(24(29)17-27-14-11-19(4)12-15-27)16-13-20(5)22-9-7-21(26-18(2)3)8-10-23(22)25;1-2-4(7)5-3-6;1-2/h7-9,18-20,26H,6,10-17H2,1-5H3;3H,2H2,1H3,(H,5,6,7);1-2H3. The van der Waals surface area contributed by atoms with Gasteiger partial charge in [0, 0.05) is 37.7 Å². The van der Waals surface area contributed by atoms with Gasteiger partial charge in [-0.25, -0.2) is 4.39 Å². The summed E-state index contributed by atoms with van der Waals surface area (Å²) < 4.78 is 14.6. The largest absolute Gasteiger partial charge is 0.383 e. The maximum atomic E-state index is 14.6. The molecule has 1 atom stereocenters. The van der Waals surface area contributed by atoms with Crippen LogP contribution >= 0.6 is 0 Å². The fraction of sp³-hybridized carbons (Fsp3) is 0.700. The summed E-state index contributed by atoms with van der Waals surface area (Å²) in [6.45, 7) is 20.1. The van der Waals surface area contributed by atoms with Crippen molar-refractivity contribution in [2.75, 3.05) is 32.7 Å². The maximum absolute atomic E-state index is 14.6. The van der Waals surface area contributed by atoms with Gasteiger partial charge >= 0.3 is 0 Å². The van der Waals surface area contributed by atoms with Crippen LogP contribution in [0.2, 0.25) is 0 Å². The number of carbonyl (C=O) groups is 3. The first kappa shape index (κ1) is 35.5. The monoisotopic (exact) mass is 536 g/mol. The Bertz CT molecular complexity index is 799. The Kier molecular flexibility index (Phi) is 19.1. The Morgan fingerprint density at radius 2 is 1.79 bits per heavy atom. The molecule has 0 aromatic rings. The van der Waals surface area contributed by atoms with Gasteiger partial charge in [0.1, 0.15) is 5.83 Å². The minimum Gasteiger partial charge on any atom is -0.383 e. The molecule has 0 aromatic heterocycles. The van der Waals surface area contributed by atoms with Gasteiger partial charge in [-0.05, 0) is 76.6 Å². The fourth-order valence-corrected chi connectivity index (χ4v) is 4.17. The number of amides is 3. The third-order valence-corrected chi connectivity index (χ3v) is 6.59. The van der Waals surface area contributed by atoms with Gasteiger partial charge in [0.15, 0.2) is 0 Å². The Hall–Kier alpha value is -2.48. The van der Waals surface area contributed by atoms with Crippen LogP contribution < -0.4 is 10.6 Å². The van der Waals surface area contributed by atoms with E-state index in [-0.39, 0.29) is 23.6 Å². The van der Waals surface area contributed by atoms with Gasteiger partial charge in [-0.15, -0.1) is 0 Å². The number of nitrogens with zero attached hydrogens (tertiary/aromatic N) is 2. The van der Waals surface area contributed by atoms with Crippen molar-refractivity contribution in [1.82, 2.24) is 20.4 Å². The van der Waals surface area contributed by atoms with Crippen LogP contribution in [-0.4, -0.2) is 66.8 Å². The van der Waals surface area contributed by atoms with E-state index < -0.39 is 0 Å². The number of carbonyl (C=O) groups excluding carboxylic acids is 3. The minimum absolute atomic E-state index is 0.0638. The molecule has 0 spiro atoms. The number of halogens is 1. The molecule has 3 amide bonds. The second-order valence-electron chi connectivity index (χ2n) is 10.0. The summed E-state index contributed by atoms with van der Waals surface area (Å²) in [4.78, 5) is 36.5. The van der Waals surface area contributed by atoms with E-state index in [0.29, 0.717) is 44.9 Å². The molecule has 1 heterocycles. The number of likely N-dealkylation sites (tertiary alicyclic amines) is 1. The zero-order valence-corrected chi connectivity index (χ0v) is 25.1. The van der Waals surface area contributed by atoms with Gasteiger partial charge in [-0.2, -0.15) is 0 Å². The molecule has 1 aliphatic heterocycles. The normalized spacial score (nSPS) is 16.7. The summed E-state index contributed by atoms with van der Waals surface area (Å²) >= 11 is 0. The molecule has 8 heteroatoms. The fourth-order valence-electron chi connectivity index (χ4n) is 4.17. The molecular weight excluding hydrogens is 483 g/mol. The Labute approximate surface area is 231 Å². The molecule has 1 fully saturated rings. The highest BCUT2D eigenvalue weighted by Gasteiger charge is 2.22. The molecular formula is C30H53FN4O3. The van der Waals surface area contributed by atoms with E-state index in [1.807, 2.05) is 49.2 Å². The van der Waals surface area contributed by atoms with Gasteiger partial charge < -0.3 is 10.2 Å². The average Bonchev–Trinajstić information content (AvgIpc) is 3.08. The van der Waals surface area contributed by atoms with Crippen LogP contribution in [0.1, 0.15) is 87.5 Å². The highest BCUT2D eigenvalue weighted by atomic mass is 19.1. The molecule has 7 nitrogen and oxygen atoms in total. The lowest BCUT2D eigenvalue weighted by molar-refractivity contribution is -0.132. The summed E-state index contributed by atoms with van der Waals surface area (Å²) in [5, 5.41) is 5.32. The van der Waals surface area contributed by atoms with E-state index in [4.69, 9.17) is 0 Å². The SMILES string of the molecule is CC.CCC(=O)NC=O.CCN(CCC(C)C1=C(F)CC=C(NC(C)C)C=C1)C(=O)CN1CCC(C)CC1. The van der Waals surface area contributed by atoms with Gasteiger partial charge in [0.2, 0.25) is 18.2 Å². The number of allylic oxidation sites excluding steroid dienone is 5. The van der Waals surface area contributed by atoms with E-state index in [9.17, 15) is 18.8 Å². The van der Waals surface area contributed by atoms with Crippen molar-refractivity contribution in [3.8, 4) is 0 Å². The maximum Gasteiger partial charge on any atom is 0.236 e. The third kappa shape index (κ3) is 14.5. The van der Waals surface area contributed by atoms with Crippen LogP contribution in [0, 0.1) is 11.8 Å². The predicted molar refractivity (Wildman–Crippen MR) is 155 cm³/mol. The first-order chi connectivity index (χ1) is 18.1. The zero-order chi connectivity index (χ0) is 29.1. The van der Waals surface area contributed by atoms with Gasteiger partial charge in [-0.3, -0.25) is 24.6 Å². The molecule has 1 aliphatic carbocycles. The summed E-state index contributed by atoms with van der Waals surface area (Å²) in [5.41, 5.74) is 1.73. The van der Waals surface area contributed by atoms with Crippen LogP contribution in [0.25, 0.3) is 0 Å². The van der Waals surface area contributed by atoms with Crippen molar-refractivity contribution < 1.29 is 18.8 Å². The number of hydrogen-bond donors (Lipinski definition) is 2. The van der Waals surface area contributed by atoms with Crippen LogP contribution in [0.3, 0.4) is 0 Å². The summed E-state index contributed by atoms with van der Waals surface area (Å²) in [7, 11) is 0. The molecule has 2 aliphatic rings. The number of hydrogen-bond acceptors (Lipinski definition) is 5. The lowest BCUT2D eigenvalue weighted by Crippen LogP contribution is -2.43. The quantitative estimate of drug-likeness (QED) is 0.348. The zero-order valence-electron chi connectivity index (χ0n) is 25.1. The number of piperidine rings is 1. The highest BCUT2D eigenvalue weighted by Crippen LogP contribution is 2.27. The molecule has 2 N–H and O–H groups in total. The molecule has 1 unspecified atom stereocenters. The predicted octanol–water partition coefficient (Wildman–Crippen LogP) is 5.35. The van der Waals surface area contributed by atoms with Crippen molar-refractivity contribution in [3.63, 3.8) is 0 Å². The van der Waals surface area contributed by atoms with Crippen molar-refractivity contribution in [1.29, 1.82) is 0 Å². The van der Waals surface area contributed by atoms with Gasteiger partial charge in [0.05, 0.1) is 6.54 Å². The van der Waals surface area contributed by atoms with E-state index >= 15 is 0 Å². The van der Waals surface area contributed by atoms with Crippen molar-refractivity contribution in [2.24, 2.45) is 11.8 Å². The van der Waals surface area contributed by atoms with Crippen LogP contribution in [0.4, 0.5) is 4.39 Å². The van der Waals surface area contributed by atoms with E-state index in [1.54, 1.807) is 6.92 Å². The lowest BCUT2D eigenvalue weighted by atomic mass is 9.95. The van der Waals surface area contributed by atoms with Crippen LogP contribution in [0.15, 0.2) is 35.3 Å². The summed E-state index contributed by atoms with van der Waals surface area (Å²) in [6, 6.07) is 0.320. The average molecular weight is 537 g/mol. The molecule has 38 heavy (non-hydrogen) atoms. The summed E-state index contributed by atoms with van der Waals surface area (Å²) in [5.74, 6) is 0.744. The van der Waals surface area contributed by atoms with Crippen molar-refractivity contribution in [3.05, 3.63) is 35.3 Å². The topological polar surface area (TPSA) is 81.8 Å². The molecule has 0 radical (unpaired) electrons. The second kappa shape index (κ2) is 20.5. The smallest absolute Gasteiger partial charge is 0.236 e. The molecule has 2 rings (SSSR count). The first-order valence-electron chi connectivity index (χ1n) is 14.4. The highest BCUT2D eigenvalue weighted by molar-refractivity contribution is 5.85. The minimum atomic E-state index is -0.241. The molecule has 0 bridgehead atoms. The van der Waals surface area contributed by atoms with E-state index in [2.05, 4.69) is 37.9 Å². The van der Waals surface area contributed by atoms with E-state index in [0.717, 1.165) is 36.7 Å². The number of likely N-dealkylation sites (N-methyl/N-ethyl adjacent to an activating group) is 1. The molecule has 0 aromatic carbocycles. The lowest BCUT2D eigenvalue weighted by Gasteiger charge is -2.32. The molecule has 1 saturated heterocycles. The van der Waals surface area contributed by atoms with Gasteiger partial charge in [-0.1, -0.05) is 46.8 Å². The Morgan fingerprint density at radius 1 is 1.16 bits per heavy atom. The van der Waals surface area contributed by atoms with E-state index in [1.165, 1.54) is 12.8 Å².